The average Bonchev–Trinajstić information content (AvgIpc) is 2.82. The number of likely N-dealkylation sites (tertiary alicyclic amines) is 1. The van der Waals surface area contributed by atoms with E-state index < -0.39 is 17.2 Å². The Kier molecular flexibility index (Phi) is 4.51. The van der Waals surface area contributed by atoms with Crippen LogP contribution in [-0.2, 0) is 9.59 Å². The fourth-order valence-corrected chi connectivity index (χ4v) is 2.50. The van der Waals surface area contributed by atoms with Crippen LogP contribution in [0.1, 0.15) is 13.3 Å². The number of nitrogens with zero attached hydrogens (tertiary/aromatic N) is 1. The number of aliphatic carboxylic acids is 1. The molecule has 1 aromatic carbocycles. The van der Waals surface area contributed by atoms with Crippen molar-refractivity contribution in [2.24, 2.45) is 5.41 Å². The lowest BCUT2D eigenvalue weighted by Gasteiger charge is -2.20. The lowest BCUT2D eigenvalue weighted by atomic mass is 9.90. The van der Waals surface area contributed by atoms with E-state index >= 15 is 0 Å². The van der Waals surface area contributed by atoms with Crippen LogP contribution in [0.25, 0.3) is 0 Å². The van der Waals surface area contributed by atoms with E-state index in [0.29, 0.717) is 17.4 Å². The summed E-state index contributed by atoms with van der Waals surface area (Å²) in [5.74, 6) is -1.83. The van der Waals surface area contributed by atoms with E-state index in [4.69, 9.17) is 9.84 Å². The molecule has 1 aliphatic rings. The highest BCUT2D eigenvalue weighted by Gasteiger charge is 2.42. The Bertz CT molecular complexity index is 580. The van der Waals surface area contributed by atoms with E-state index in [1.54, 1.807) is 13.0 Å². The number of amides is 1. The van der Waals surface area contributed by atoms with E-state index in [1.165, 1.54) is 17.0 Å². The standard InChI is InChI=1S/C14H15BrFNO4/c1-14(13(19)20)4-5-17(8-14)12(18)7-21-11-3-2-9(15)6-10(11)16/h2-3,6H,4-5,7-8H2,1H3,(H,19,20)/t14-/m0/s1. The van der Waals surface area contributed by atoms with Crippen molar-refractivity contribution in [1.82, 2.24) is 4.90 Å². The number of hydrogen-bond donors (Lipinski definition) is 1. The maximum Gasteiger partial charge on any atom is 0.311 e. The summed E-state index contributed by atoms with van der Waals surface area (Å²) in [6.07, 6.45) is 0.403. The maximum absolute atomic E-state index is 13.5. The first kappa shape index (κ1) is 15.8. The molecule has 2 rings (SSSR count). The Morgan fingerprint density at radius 3 is 2.81 bits per heavy atom. The molecule has 0 aromatic heterocycles. The van der Waals surface area contributed by atoms with Gasteiger partial charge in [0.25, 0.3) is 5.91 Å². The molecular weight excluding hydrogens is 345 g/mol. The zero-order chi connectivity index (χ0) is 15.6. The zero-order valence-electron chi connectivity index (χ0n) is 11.4. The number of rotatable bonds is 4. The van der Waals surface area contributed by atoms with Gasteiger partial charge < -0.3 is 14.7 Å². The quantitative estimate of drug-likeness (QED) is 0.895. The van der Waals surface area contributed by atoms with Gasteiger partial charge in [-0.25, -0.2) is 4.39 Å². The molecule has 114 valence electrons. The molecule has 1 amide bonds. The normalized spacial score (nSPS) is 21.4. The highest BCUT2D eigenvalue weighted by molar-refractivity contribution is 9.10. The highest BCUT2D eigenvalue weighted by atomic mass is 79.9. The molecule has 1 atom stereocenters. The van der Waals surface area contributed by atoms with Crippen molar-refractivity contribution < 1.29 is 23.8 Å². The molecule has 1 saturated heterocycles. The summed E-state index contributed by atoms with van der Waals surface area (Å²) in [6, 6.07) is 4.29. The Balaban J connectivity index is 1.93. The monoisotopic (exact) mass is 359 g/mol. The molecule has 1 aliphatic heterocycles. The van der Waals surface area contributed by atoms with Crippen molar-refractivity contribution in [3.8, 4) is 5.75 Å². The zero-order valence-corrected chi connectivity index (χ0v) is 13.0. The molecule has 7 heteroatoms. The number of carboxylic acids is 1. The van der Waals surface area contributed by atoms with Gasteiger partial charge in [0.15, 0.2) is 18.2 Å². The van der Waals surface area contributed by atoms with Crippen LogP contribution in [0, 0.1) is 11.2 Å². The Hall–Kier alpha value is -1.63. The van der Waals surface area contributed by atoms with Gasteiger partial charge >= 0.3 is 5.97 Å². The van der Waals surface area contributed by atoms with Crippen molar-refractivity contribution in [1.29, 1.82) is 0 Å². The lowest BCUT2D eigenvalue weighted by molar-refractivity contribution is -0.147. The predicted molar refractivity (Wildman–Crippen MR) is 76.5 cm³/mol. The summed E-state index contributed by atoms with van der Waals surface area (Å²) in [6.45, 7) is 1.81. The van der Waals surface area contributed by atoms with Gasteiger partial charge in [0.1, 0.15) is 0 Å². The summed E-state index contributed by atoms with van der Waals surface area (Å²) >= 11 is 3.13. The molecule has 0 unspecified atom stereocenters. The molecule has 0 saturated carbocycles. The fraction of sp³-hybridized carbons (Fsp3) is 0.429. The number of carbonyl (C=O) groups excluding carboxylic acids is 1. The molecule has 1 heterocycles. The second-order valence-corrected chi connectivity index (χ2v) is 6.21. The summed E-state index contributed by atoms with van der Waals surface area (Å²) in [5.41, 5.74) is -0.918. The van der Waals surface area contributed by atoms with Gasteiger partial charge in [0.05, 0.1) is 5.41 Å². The van der Waals surface area contributed by atoms with E-state index in [2.05, 4.69) is 15.9 Å². The number of carboxylic acid groups (broad SMARTS) is 1. The Morgan fingerprint density at radius 2 is 2.24 bits per heavy atom. The van der Waals surface area contributed by atoms with Crippen LogP contribution in [0.15, 0.2) is 22.7 Å². The van der Waals surface area contributed by atoms with Gasteiger partial charge in [0.2, 0.25) is 0 Å². The van der Waals surface area contributed by atoms with Crippen LogP contribution in [0.3, 0.4) is 0 Å². The van der Waals surface area contributed by atoms with Crippen LogP contribution >= 0.6 is 15.9 Å². The van der Waals surface area contributed by atoms with E-state index in [1.807, 2.05) is 0 Å². The van der Waals surface area contributed by atoms with Crippen molar-refractivity contribution in [3.63, 3.8) is 0 Å². The SMILES string of the molecule is C[C@]1(C(=O)O)CCN(C(=O)COc2ccc(Br)cc2F)C1. The van der Waals surface area contributed by atoms with Crippen molar-refractivity contribution in [2.45, 2.75) is 13.3 Å². The van der Waals surface area contributed by atoms with Gasteiger partial charge in [-0.3, -0.25) is 9.59 Å². The summed E-state index contributed by atoms with van der Waals surface area (Å²) in [7, 11) is 0. The van der Waals surface area contributed by atoms with Gasteiger partial charge in [0, 0.05) is 17.6 Å². The number of benzene rings is 1. The van der Waals surface area contributed by atoms with E-state index in [-0.39, 0.29) is 24.8 Å². The summed E-state index contributed by atoms with van der Waals surface area (Å²) in [5, 5.41) is 9.12. The molecule has 21 heavy (non-hydrogen) atoms. The first-order chi connectivity index (χ1) is 9.82. The minimum Gasteiger partial charge on any atom is -0.481 e. The molecule has 0 bridgehead atoms. The van der Waals surface area contributed by atoms with Gasteiger partial charge in [-0.2, -0.15) is 0 Å². The topological polar surface area (TPSA) is 66.8 Å². The number of ether oxygens (including phenoxy) is 1. The highest BCUT2D eigenvalue weighted by Crippen LogP contribution is 2.30. The second kappa shape index (κ2) is 6.01. The predicted octanol–water partition coefficient (Wildman–Crippen LogP) is 2.29. The molecule has 1 fully saturated rings. The van der Waals surface area contributed by atoms with Crippen LogP contribution in [0.4, 0.5) is 4.39 Å². The van der Waals surface area contributed by atoms with Gasteiger partial charge in [-0.05, 0) is 31.5 Å². The van der Waals surface area contributed by atoms with Crippen LogP contribution < -0.4 is 4.74 Å². The summed E-state index contributed by atoms with van der Waals surface area (Å²) < 4.78 is 19.3. The summed E-state index contributed by atoms with van der Waals surface area (Å²) in [4.78, 5) is 24.5. The largest absolute Gasteiger partial charge is 0.481 e. The number of carbonyl (C=O) groups is 2. The smallest absolute Gasteiger partial charge is 0.311 e. The third-order valence-electron chi connectivity index (χ3n) is 3.59. The molecule has 0 aliphatic carbocycles. The average molecular weight is 360 g/mol. The third kappa shape index (κ3) is 3.53. The van der Waals surface area contributed by atoms with Gasteiger partial charge in [-0.15, -0.1) is 0 Å². The first-order valence-electron chi connectivity index (χ1n) is 6.41. The van der Waals surface area contributed by atoms with Crippen molar-refractivity contribution >= 4 is 27.8 Å². The maximum atomic E-state index is 13.5. The molecule has 0 spiro atoms. The van der Waals surface area contributed by atoms with Crippen LogP contribution in [0.5, 0.6) is 5.75 Å². The van der Waals surface area contributed by atoms with E-state index in [0.717, 1.165) is 0 Å². The second-order valence-electron chi connectivity index (χ2n) is 5.29. The first-order valence-corrected chi connectivity index (χ1v) is 7.20. The van der Waals surface area contributed by atoms with E-state index in [9.17, 15) is 14.0 Å². The van der Waals surface area contributed by atoms with Crippen molar-refractivity contribution in [3.05, 3.63) is 28.5 Å². The van der Waals surface area contributed by atoms with Crippen molar-refractivity contribution in [2.75, 3.05) is 19.7 Å². The lowest BCUT2D eigenvalue weighted by Crippen LogP contribution is -2.37. The third-order valence-corrected chi connectivity index (χ3v) is 4.08. The Morgan fingerprint density at radius 1 is 1.52 bits per heavy atom. The number of hydrogen-bond acceptors (Lipinski definition) is 3. The minimum atomic E-state index is -0.919. The molecule has 1 aromatic rings. The van der Waals surface area contributed by atoms with Crippen LogP contribution in [-0.4, -0.2) is 41.6 Å². The molecular formula is C14H15BrFNO4. The molecule has 0 radical (unpaired) electrons. The molecule has 5 nitrogen and oxygen atoms in total. The van der Waals surface area contributed by atoms with Crippen LogP contribution in [0.2, 0.25) is 0 Å². The fourth-order valence-electron chi connectivity index (χ4n) is 2.17. The minimum absolute atomic E-state index is 0.00765. The van der Waals surface area contributed by atoms with Gasteiger partial charge in [-0.1, -0.05) is 15.9 Å². The molecule has 1 N–H and O–H groups in total. The Labute approximate surface area is 129 Å². The number of halogens is 2.